The van der Waals surface area contributed by atoms with Gasteiger partial charge in [0.1, 0.15) is 4.75 Å². The molecule has 0 aliphatic carbocycles. The number of carbonyl (C=O) groups is 1. The zero-order valence-electron chi connectivity index (χ0n) is 12.9. The van der Waals surface area contributed by atoms with Gasteiger partial charge in [0.2, 0.25) is 0 Å². The summed E-state index contributed by atoms with van der Waals surface area (Å²) in [6, 6.07) is 0. The third-order valence-corrected chi connectivity index (χ3v) is 4.84. The van der Waals surface area contributed by atoms with Crippen molar-refractivity contribution >= 4 is 17.7 Å². The van der Waals surface area contributed by atoms with Crippen molar-refractivity contribution in [2.75, 3.05) is 12.4 Å². The van der Waals surface area contributed by atoms with Crippen molar-refractivity contribution in [1.82, 2.24) is 0 Å². The van der Waals surface area contributed by atoms with Crippen LogP contribution in [0.15, 0.2) is 0 Å². The Labute approximate surface area is 134 Å². The number of ether oxygens (including phenoxy) is 1. The maximum absolute atomic E-state index is 13.1. The summed E-state index contributed by atoms with van der Waals surface area (Å²) in [7, 11) is 0. The van der Waals surface area contributed by atoms with Gasteiger partial charge in [0.25, 0.3) is 0 Å². The van der Waals surface area contributed by atoms with E-state index in [0.717, 1.165) is 11.8 Å². The van der Waals surface area contributed by atoms with Gasteiger partial charge in [0.05, 0.1) is 6.61 Å². The van der Waals surface area contributed by atoms with E-state index in [1.807, 2.05) is 0 Å². The third kappa shape index (κ3) is 5.42. The van der Waals surface area contributed by atoms with E-state index >= 15 is 0 Å². The molecule has 0 aromatic heterocycles. The van der Waals surface area contributed by atoms with Crippen molar-refractivity contribution < 1.29 is 40.3 Å². The van der Waals surface area contributed by atoms with Crippen LogP contribution in [0, 0.1) is 0 Å². The van der Waals surface area contributed by atoms with E-state index < -0.39 is 41.6 Å². The zero-order valence-corrected chi connectivity index (χ0v) is 13.7. The van der Waals surface area contributed by atoms with Crippen LogP contribution in [0.2, 0.25) is 0 Å². The largest absolute Gasteiger partial charge is 0.465 e. The standard InChI is InChI=1S/C13H19F7O2S/c1-4-10(3,9(21)22-5-2)23-8-6-7-11(14,15)12(16,17)13(18,19)20/h4-8H2,1-3H3. The third-order valence-electron chi connectivity index (χ3n) is 3.25. The highest BCUT2D eigenvalue weighted by Gasteiger charge is 2.72. The molecule has 0 bridgehead atoms. The van der Waals surface area contributed by atoms with Crippen molar-refractivity contribution in [3.63, 3.8) is 0 Å². The Balaban J connectivity index is 4.63. The minimum absolute atomic E-state index is 0.116. The molecule has 0 aromatic carbocycles. The fourth-order valence-corrected chi connectivity index (χ4v) is 2.67. The van der Waals surface area contributed by atoms with Gasteiger partial charge < -0.3 is 4.74 Å². The van der Waals surface area contributed by atoms with E-state index in [-0.39, 0.29) is 12.4 Å². The Bertz CT molecular complexity index is 398. The van der Waals surface area contributed by atoms with Gasteiger partial charge in [-0.2, -0.15) is 30.7 Å². The average molecular weight is 372 g/mol. The molecular formula is C13H19F7O2S. The van der Waals surface area contributed by atoms with E-state index in [4.69, 9.17) is 4.74 Å². The molecule has 0 aliphatic rings. The number of halogens is 7. The lowest BCUT2D eigenvalue weighted by Crippen LogP contribution is -2.51. The summed E-state index contributed by atoms with van der Waals surface area (Å²) in [5.41, 5.74) is 0. The molecule has 1 unspecified atom stereocenters. The molecule has 0 saturated carbocycles. The second-order valence-electron chi connectivity index (χ2n) is 5.03. The second-order valence-corrected chi connectivity index (χ2v) is 6.63. The molecular weight excluding hydrogens is 353 g/mol. The summed E-state index contributed by atoms with van der Waals surface area (Å²) in [5, 5.41) is 0. The minimum atomic E-state index is -6.31. The Morgan fingerprint density at radius 2 is 1.57 bits per heavy atom. The maximum atomic E-state index is 13.1. The summed E-state index contributed by atoms with van der Waals surface area (Å²) in [6.45, 7) is 4.84. The SMILES string of the molecule is CCOC(=O)C(C)(CC)SCCCC(F)(F)C(F)(F)C(F)(F)F. The highest BCUT2D eigenvalue weighted by molar-refractivity contribution is 8.01. The number of thioether (sulfide) groups is 1. The average Bonchev–Trinajstić information content (AvgIpc) is 2.42. The van der Waals surface area contributed by atoms with Crippen molar-refractivity contribution in [3.05, 3.63) is 0 Å². The Hall–Kier alpha value is -0.670. The molecule has 0 fully saturated rings. The van der Waals surface area contributed by atoms with Gasteiger partial charge >= 0.3 is 24.0 Å². The molecule has 0 rings (SSSR count). The molecule has 0 heterocycles. The second kappa shape index (κ2) is 7.94. The highest BCUT2D eigenvalue weighted by atomic mass is 32.2. The number of rotatable bonds is 9. The first-order valence-electron chi connectivity index (χ1n) is 6.88. The van der Waals surface area contributed by atoms with Crippen molar-refractivity contribution in [2.24, 2.45) is 0 Å². The lowest BCUT2D eigenvalue weighted by molar-refractivity contribution is -0.355. The van der Waals surface area contributed by atoms with Gasteiger partial charge in [-0.05, 0) is 32.4 Å². The van der Waals surface area contributed by atoms with Gasteiger partial charge in [-0.1, -0.05) is 6.92 Å². The number of hydrogen-bond acceptors (Lipinski definition) is 3. The van der Waals surface area contributed by atoms with Crippen LogP contribution in [0.5, 0.6) is 0 Å². The Kier molecular flexibility index (Phi) is 7.70. The van der Waals surface area contributed by atoms with Crippen molar-refractivity contribution in [2.45, 2.75) is 62.8 Å². The molecule has 0 amide bonds. The quantitative estimate of drug-likeness (QED) is 0.321. The van der Waals surface area contributed by atoms with Gasteiger partial charge in [0.15, 0.2) is 0 Å². The molecule has 0 N–H and O–H groups in total. The molecule has 10 heteroatoms. The van der Waals surface area contributed by atoms with Crippen LogP contribution in [-0.2, 0) is 9.53 Å². The van der Waals surface area contributed by atoms with Gasteiger partial charge in [-0.15, -0.1) is 11.8 Å². The number of alkyl halides is 7. The van der Waals surface area contributed by atoms with E-state index in [0.29, 0.717) is 6.42 Å². The first-order chi connectivity index (χ1) is 10.2. The predicted octanol–water partition coefficient (Wildman–Crippen LogP) is 5.06. The Morgan fingerprint density at radius 1 is 1.04 bits per heavy atom. The molecule has 138 valence electrons. The fourth-order valence-electron chi connectivity index (χ4n) is 1.55. The molecule has 0 radical (unpaired) electrons. The van der Waals surface area contributed by atoms with Crippen LogP contribution in [0.4, 0.5) is 30.7 Å². The van der Waals surface area contributed by atoms with Gasteiger partial charge in [-0.25, -0.2) is 0 Å². The van der Waals surface area contributed by atoms with Crippen LogP contribution in [-0.4, -0.2) is 41.1 Å². The molecule has 0 aliphatic heterocycles. The molecule has 23 heavy (non-hydrogen) atoms. The summed E-state index contributed by atoms with van der Waals surface area (Å²) in [6.07, 6.45) is -8.24. The Morgan fingerprint density at radius 3 is 1.96 bits per heavy atom. The summed E-state index contributed by atoms with van der Waals surface area (Å²) in [5.74, 6) is -12.0. The number of carbonyl (C=O) groups excluding carboxylic acids is 1. The van der Waals surface area contributed by atoms with Crippen LogP contribution >= 0.6 is 11.8 Å². The van der Waals surface area contributed by atoms with E-state index in [1.165, 1.54) is 6.92 Å². The fraction of sp³-hybridized carbons (Fsp3) is 0.923. The van der Waals surface area contributed by atoms with E-state index in [2.05, 4.69) is 0 Å². The minimum Gasteiger partial charge on any atom is -0.465 e. The summed E-state index contributed by atoms with van der Waals surface area (Å²) in [4.78, 5) is 11.7. The van der Waals surface area contributed by atoms with Gasteiger partial charge in [-0.3, -0.25) is 4.79 Å². The lowest BCUT2D eigenvalue weighted by atomic mass is 10.1. The summed E-state index contributed by atoms with van der Waals surface area (Å²) < 4.78 is 91.3. The first kappa shape index (κ1) is 22.3. The highest BCUT2D eigenvalue weighted by Crippen LogP contribution is 2.48. The van der Waals surface area contributed by atoms with E-state index in [1.54, 1.807) is 13.8 Å². The molecule has 1 atom stereocenters. The van der Waals surface area contributed by atoms with Crippen molar-refractivity contribution in [1.29, 1.82) is 0 Å². The zero-order chi connectivity index (χ0) is 18.5. The molecule has 0 spiro atoms. The first-order valence-corrected chi connectivity index (χ1v) is 7.87. The predicted molar refractivity (Wildman–Crippen MR) is 73.0 cm³/mol. The maximum Gasteiger partial charge on any atom is 0.459 e. The lowest BCUT2D eigenvalue weighted by Gasteiger charge is -2.29. The van der Waals surface area contributed by atoms with Crippen LogP contribution < -0.4 is 0 Å². The van der Waals surface area contributed by atoms with Gasteiger partial charge in [0, 0.05) is 6.42 Å². The summed E-state index contributed by atoms with van der Waals surface area (Å²) >= 11 is 0.897. The number of hydrogen-bond donors (Lipinski definition) is 0. The van der Waals surface area contributed by atoms with Crippen LogP contribution in [0.3, 0.4) is 0 Å². The van der Waals surface area contributed by atoms with E-state index in [9.17, 15) is 35.5 Å². The van der Waals surface area contributed by atoms with Crippen molar-refractivity contribution in [3.8, 4) is 0 Å². The smallest absolute Gasteiger partial charge is 0.459 e. The molecule has 2 nitrogen and oxygen atoms in total. The van der Waals surface area contributed by atoms with Crippen LogP contribution in [0.1, 0.15) is 40.0 Å². The molecule has 0 aromatic rings. The number of esters is 1. The molecule has 0 saturated heterocycles. The van der Waals surface area contributed by atoms with Crippen LogP contribution in [0.25, 0.3) is 0 Å². The monoisotopic (exact) mass is 372 g/mol. The normalized spacial score (nSPS) is 16.1. The topological polar surface area (TPSA) is 26.3 Å².